The lowest BCUT2D eigenvalue weighted by Crippen LogP contribution is -2.30. The molecule has 0 fully saturated rings. The number of nitrogens with one attached hydrogen (secondary N) is 1. The summed E-state index contributed by atoms with van der Waals surface area (Å²) in [6.07, 6.45) is 2.89. The summed E-state index contributed by atoms with van der Waals surface area (Å²) >= 11 is 0. The van der Waals surface area contributed by atoms with Crippen LogP contribution in [0, 0.1) is 5.92 Å². The van der Waals surface area contributed by atoms with Gasteiger partial charge in [-0.05, 0) is 12.5 Å². The molecule has 1 aromatic rings. The van der Waals surface area contributed by atoms with Gasteiger partial charge in [-0.1, -0.05) is 6.92 Å². The van der Waals surface area contributed by atoms with Gasteiger partial charge >= 0.3 is 5.97 Å². The Hall–Kier alpha value is -1.91. The summed E-state index contributed by atoms with van der Waals surface area (Å²) in [5.41, 5.74) is 1.79. The summed E-state index contributed by atoms with van der Waals surface area (Å²) in [7, 11) is 1.31. The van der Waals surface area contributed by atoms with Gasteiger partial charge in [0, 0.05) is 18.5 Å². The van der Waals surface area contributed by atoms with Gasteiger partial charge in [-0.15, -0.1) is 0 Å². The van der Waals surface area contributed by atoms with Gasteiger partial charge in [-0.3, -0.25) is 9.78 Å². The number of nitrogens with zero attached hydrogens (tertiary/aromatic N) is 1. The zero-order valence-electron chi connectivity index (χ0n) is 9.82. The number of fused-ring (bicyclic) bond motifs is 1. The van der Waals surface area contributed by atoms with Crippen molar-refractivity contribution in [3.8, 4) is 0 Å². The number of hydrogen-bond acceptors (Lipinski definition) is 4. The van der Waals surface area contributed by atoms with E-state index in [1.54, 1.807) is 6.07 Å². The minimum atomic E-state index is -0.452. The number of anilines is 1. The summed E-state index contributed by atoms with van der Waals surface area (Å²) < 4.78 is 4.60. The largest absolute Gasteiger partial charge is 0.465 e. The molecule has 17 heavy (non-hydrogen) atoms. The van der Waals surface area contributed by atoms with Crippen molar-refractivity contribution in [3.63, 3.8) is 0 Å². The summed E-state index contributed by atoms with van der Waals surface area (Å²) in [6.45, 7) is 1.97. The maximum absolute atomic E-state index is 11.7. The fourth-order valence-corrected chi connectivity index (χ4v) is 1.88. The Morgan fingerprint density at radius 2 is 2.41 bits per heavy atom. The van der Waals surface area contributed by atoms with Crippen LogP contribution in [-0.2, 0) is 16.0 Å². The van der Waals surface area contributed by atoms with Gasteiger partial charge in [-0.2, -0.15) is 0 Å². The van der Waals surface area contributed by atoms with Crippen LogP contribution in [0.15, 0.2) is 12.3 Å². The molecule has 0 radical (unpaired) electrons. The highest BCUT2D eigenvalue weighted by Gasteiger charge is 2.26. The van der Waals surface area contributed by atoms with Crippen molar-refractivity contribution in [2.75, 3.05) is 12.4 Å². The second-order valence-corrected chi connectivity index (χ2v) is 4.01. The van der Waals surface area contributed by atoms with Crippen LogP contribution in [0.5, 0.6) is 0 Å². The van der Waals surface area contributed by atoms with Crippen molar-refractivity contribution in [1.29, 1.82) is 0 Å². The van der Waals surface area contributed by atoms with E-state index >= 15 is 0 Å². The summed E-state index contributed by atoms with van der Waals surface area (Å²) in [6, 6.07) is 1.61. The zero-order valence-corrected chi connectivity index (χ0v) is 9.82. The minimum absolute atomic E-state index is 0.0104. The van der Waals surface area contributed by atoms with Gasteiger partial charge in [-0.25, -0.2) is 4.79 Å². The first-order chi connectivity index (χ1) is 8.15. The quantitative estimate of drug-likeness (QED) is 0.785. The molecule has 1 N–H and O–H groups in total. The standard InChI is InChI=1S/C12H14N2O3/c1-3-7-4-9-10(14-11(7)15)5-8(6-13-9)12(16)17-2/h5-7H,3-4H2,1-2H3,(H,14,15). The summed E-state index contributed by atoms with van der Waals surface area (Å²) in [5.74, 6) is -0.491. The number of methoxy groups -OCH3 is 1. The lowest BCUT2D eigenvalue weighted by molar-refractivity contribution is -0.120. The number of pyridine rings is 1. The molecule has 0 spiro atoms. The second-order valence-electron chi connectivity index (χ2n) is 4.01. The Labute approximate surface area is 99.2 Å². The average molecular weight is 234 g/mol. The molecule has 2 heterocycles. The second kappa shape index (κ2) is 4.53. The maximum atomic E-state index is 11.7. The molecule has 2 rings (SSSR count). The lowest BCUT2D eigenvalue weighted by Gasteiger charge is -2.22. The Bertz CT molecular complexity index is 471. The van der Waals surface area contributed by atoms with Crippen LogP contribution >= 0.6 is 0 Å². The molecule has 0 aromatic carbocycles. The molecule has 1 aromatic heterocycles. The van der Waals surface area contributed by atoms with Crippen LogP contribution in [-0.4, -0.2) is 24.0 Å². The molecule has 1 amide bonds. The molecule has 0 aliphatic carbocycles. The van der Waals surface area contributed by atoms with Crippen molar-refractivity contribution in [2.45, 2.75) is 19.8 Å². The van der Waals surface area contributed by atoms with Crippen LogP contribution < -0.4 is 5.32 Å². The maximum Gasteiger partial charge on any atom is 0.339 e. The van der Waals surface area contributed by atoms with E-state index in [1.807, 2.05) is 6.92 Å². The number of ether oxygens (including phenoxy) is 1. The fourth-order valence-electron chi connectivity index (χ4n) is 1.88. The first-order valence-corrected chi connectivity index (χ1v) is 5.53. The van der Waals surface area contributed by atoms with Crippen LogP contribution in [0.4, 0.5) is 5.69 Å². The highest BCUT2D eigenvalue weighted by atomic mass is 16.5. The molecule has 5 nitrogen and oxygen atoms in total. The number of aromatic nitrogens is 1. The molecular weight excluding hydrogens is 220 g/mol. The van der Waals surface area contributed by atoms with Crippen LogP contribution in [0.2, 0.25) is 0 Å². The number of rotatable bonds is 2. The molecule has 1 unspecified atom stereocenters. The number of esters is 1. The predicted octanol–water partition coefficient (Wildman–Crippen LogP) is 1.39. The van der Waals surface area contributed by atoms with Gasteiger partial charge in [0.15, 0.2) is 0 Å². The van der Waals surface area contributed by atoms with Crippen molar-refractivity contribution < 1.29 is 14.3 Å². The van der Waals surface area contributed by atoms with E-state index in [0.29, 0.717) is 17.7 Å². The SMILES string of the molecule is CCC1Cc2ncc(C(=O)OC)cc2NC1=O. The third-order valence-electron chi connectivity index (χ3n) is 2.95. The normalized spacial score (nSPS) is 18.2. The van der Waals surface area contributed by atoms with E-state index in [0.717, 1.165) is 12.1 Å². The van der Waals surface area contributed by atoms with Crippen molar-refractivity contribution in [1.82, 2.24) is 4.98 Å². The highest BCUT2D eigenvalue weighted by Crippen LogP contribution is 2.26. The van der Waals surface area contributed by atoms with E-state index in [9.17, 15) is 9.59 Å². The van der Waals surface area contributed by atoms with E-state index in [2.05, 4.69) is 15.0 Å². The lowest BCUT2D eigenvalue weighted by atomic mass is 9.94. The van der Waals surface area contributed by atoms with Gasteiger partial charge in [0.05, 0.1) is 24.1 Å². The Morgan fingerprint density at radius 1 is 1.65 bits per heavy atom. The van der Waals surface area contributed by atoms with E-state index in [-0.39, 0.29) is 11.8 Å². The number of carbonyl (C=O) groups is 2. The smallest absolute Gasteiger partial charge is 0.339 e. The number of hydrogen-bond donors (Lipinski definition) is 1. The molecule has 0 saturated carbocycles. The van der Waals surface area contributed by atoms with Crippen molar-refractivity contribution >= 4 is 17.6 Å². The molecule has 1 aliphatic rings. The van der Waals surface area contributed by atoms with Crippen LogP contribution in [0.1, 0.15) is 29.4 Å². The third-order valence-corrected chi connectivity index (χ3v) is 2.95. The first-order valence-electron chi connectivity index (χ1n) is 5.53. The summed E-state index contributed by atoms with van der Waals surface area (Å²) in [4.78, 5) is 27.2. The number of carbonyl (C=O) groups excluding carboxylic acids is 2. The van der Waals surface area contributed by atoms with Gasteiger partial charge in [0.2, 0.25) is 5.91 Å². The molecular formula is C12H14N2O3. The van der Waals surface area contributed by atoms with E-state index in [1.165, 1.54) is 13.3 Å². The third kappa shape index (κ3) is 2.13. The summed E-state index contributed by atoms with van der Waals surface area (Å²) in [5, 5.41) is 2.77. The Kier molecular flexibility index (Phi) is 3.08. The Morgan fingerprint density at radius 3 is 3.06 bits per heavy atom. The minimum Gasteiger partial charge on any atom is -0.465 e. The molecule has 1 aliphatic heterocycles. The van der Waals surface area contributed by atoms with Crippen molar-refractivity contribution in [3.05, 3.63) is 23.5 Å². The van der Waals surface area contributed by atoms with Crippen molar-refractivity contribution in [2.24, 2.45) is 5.92 Å². The Balaban J connectivity index is 2.32. The molecule has 90 valence electrons. The molecule has 5 heteroatoms. The van der Waals surface area contributed by atoms with Crippen LogP contribution in [0.25, 0.3) is 0 Å². The fraction of sp³-hybridized carbons (Fsp3) is 0.417. The van der Waals surface area contributed by atoms with E-state index < -0.39 is 5.97 Å². The molecule has 0 saturated heterocycles. The van der Waals surface area contributed by atoms with Gasteiger partial charge in [0.25, 0.3) is 0 Å². The van der Waals surface area contributed by atoms with Gasteiger partial charge < -0.3 is 10.1 Å². The monoisotopic (exact) mass is 234 g/mol. The van der Waals surface area contributed by atoms with Gasteiger partial charge in [0.1, 0.15) is 0 Å². The predicted molar refractivity (Wildman–Crippen MR) is 61.7 cm³/mol. The van der Waals surface area contributed by atoms with E-state index in [4.69, 9.17) is 0 Å². The molecule has 1 atom stereocenters. The topological polar surface area (TPSA) is 68.3 Å². The average Bonchev–Trinajstić information content (AvgIpc) is 2.36. The highest BCUT2D eigenvalue weighted by molar-refractivity contribution is 5.97. The zero-order chi connectivity index (χ0) is 12.4. The molecule has 0 bridgehead atoms. The number of amides is 1. The first kappa shape index (κ1) is 11.6. The van der Waals surface area contributed by atoms with Crippen LogP contribution in [0.3, 0.4) is 0 Å².